The van der Waals surface area contributed by atoms with Crippen LogP contribution in [0.15, 0.2) is 53.4 Å². The van der Waals surface area contributed by atoms with Crippen LogP contribution in [0.1, 0.15) is 18.5 Å². The van der Waals surface area contributed by atoms with Crippen molar-refractivity contribution in [3.8, 4) is 0 Å². The molecule has 2 aromatic rings. The molecule has 120 valence electrons. The highest BCUT2D eigenvalue weighted by atomic mass is 35.5. The van der Waals surface area contributed by atoms with Gasteiger partial charge < -0.3 is 5.32 Å². The van der Waals surface area contributed by atoms with Gasteiger partial charge in [0, 0.05) is 22.1 Å². The normalized spacial score (nSPS) is 11.7. The number of nitrogens with one attached hydrogen (secondary N) is 1. The highest BCUT2D eigenvalue weighted by Crippen LogP contribution is 2.22. The Balaban J connectivity index is 1.86. The van der Waals surface area contributed by atoms with E-state index in [-0.39, 0.29) is 23.4 Å². The monoisotopic (exact) mass is 350 g/mol. The van der Waals surface area contributed by atoms with Gasteiger partial charge in [0.2, 0.25) is 5.91 Å². The molecule has 0 aliphatic rings. The highest BCUT2D eigenvalue weighted by Gasteiger charge is 2.11. The maximum atomic E-state index is 12.0. The first-order chi connectivity index (χ1) is 11.0. The molecule has 0 radical (unpaired) electrons. The third-order valence-corrected chi connectivity index (χ3v) is 4.39. The predicted octanol–water partition coefficient (Wildman–Crippen LogP) is 4.22. The Kier molecular flexibility index (Phi) is 6.01. The van der Waals surface area contributed by atoms with Crippen LogP contribution >= 0.6 is 23.4 Å². The molecular weight excluding hydrogens is 336 g/mol. The van der Waals surface area contributed by atoms with E-state index in [4.69, 9.17) is 11.6 Å². The first-order valence-corrected chi connectivity index (χ1v) is 8.24. The maximum Gasteiger partial charge on any atom is 0.269 e. The topological polar surface area (TPSA) is 72.2 Å². The van der Waals surface area contributed by atoms with E-state index in [0.29, 0.717) is 5.02 Å². The molecule has 1 amide bonds. The Morgan fingerprint density at radius 3 is 2.61 bits per heavy atom. The number of nitrogens with zero attached hydrogens (tertiary/aromatic N) is 1. The molecule has 0 fully saturated rings. The van der Waals surface area contributed by atoms with Crippen LogP contribution in [0.3, 0.4) is 0 Å². The third kappa shape index (κ3) is 5.26. The maximum absolute atomic E-state index is 12.0. The lowest BCUT2D eigenvalue weighted by Crippen LogP contribution is -2.28. The number of rotatable bonds is 6. The molecule has 0 saturated heterocycles. The summed E-state index contributed by atoms with van der Waals surface area (Å²) in [5.41, 5.74) is 0.972. The van der Waals surface area contributed by atoms with E-state index in [1.807, 2.05) is 25.1 Å². The van der Waals surface area contributed by atoms with Crippen LogP contribution in [0, 0.1) is 10.1 Å². The van der Waals surface area contributed by atoms with Crippen molar-refractivity contribution < 1.29 is 9.72 Å². The number of benzene rings is 2. The highest BCUT2D eigenvalue weighted by molar-refractivity contribution is 8.00. The Morgan fingerprint density at radius 1 is 1.30 bits per heavy atom. The van der Waals surface area contributed by atoms with Crippen molar-refractivity contribution in [3.63, 3.8) is 0 Å². The average Bonchev–Trinajstić information content (AvgIpc) is 2.53. The van der Waals surface area contributed by atoms with Crippen LogP contribution in [0.4, 0.5) is 5.69 Å². The van der Waals surface area contributed by atoms with Gasteiger partial charge in [-0.25, -0.2) is 0 Å². The number of hydrogen-bond donors (Lipinski definition) is 1. The van der Waals surface area contributed by atoms with Crippen molar-refractivity contribution in [2.24, 2.45) is 0 Å². The number of halogens is 1. The molecule has 0 bridgehead atoms. The molecule has 1 unspecified atom stereocenters. The van der Waals surface area contributed by atoms with Crippen LogP contribution in [-0.2, 0) is 4.79 Å². The van der Waals surface area contributed by atoms with Gasteiger partial charge >= 0.3 is 0 Å². The summed E-state index contributed by atoms with van der Waals surface area (Å²) in [6.45, 7) is 1.89. The summed E-state index contributed by atoms with van der Waals surface area (Å²) in [6, 6.07) is 13.3. The van der Waals surface area contributed by atoms with Gasteiger partial charge in [-0.05, 0) is 36.8 Å². The summed E-state index contributed by atoms with van der Waals surface area (Å²) in [6.07, 6.45) is 0. The SMILES string of the molecule is CC(NC(=O)CSc1ccc([N+](=O)[O-])cc1)c1cccc(Cl)c1. The van der Waals surface area contributed by atoms with E-state index >= 15 is 0 Å². The van der Waals surface area contributed by atoms with Crippen molar-refractivity contribution in [2.45, 2.75) is 17.9 Å². The second-order valence-electron chi connectivity index (χ2n) is 4.88. The number of hydrogen-bond acceptors (Lipinski definition) is 4. The minimum Gasteiger partial charge on any atom is -0.349 e. The minimum atomic E-state index is -0.451. The van der Waals surface area contributed by atoms with E-state index in [2.05, 4.69) is 5.32 Å². The molecule has 0 saturated carbocycles. The second-order valence-corrected chi connectivity index (χ2v) is 6.37. The first-order valence-electron chi connectivity index (χ1n) is 6.88. The van der Waals surface area contributed by atoms with Gasteiger partial charge in [-0.15, -0.1) is 11.8 Å². The molecule has 0 heterocycles. The van der Waals surface area contributed by atoms with Gasteiger partial charge in [-0.3, -0.25) is 14.9 Å². The summed E-state index contributed by atoms with van der Waals surface area (Å²) in [5, 5.41) is 14.1. The van der Waals surface area contributed by atoms with Gasteiger partial charge in [0.25, 0.3) is 5.69 Å². The van der Waals surface area contributed by atoms with Crippen molar-refractivity contribution in [2.75, 3.05) is 5.75 Å². The fourth-order valence-electron chi connectivity index (χ4n) is 1.96. The van der Waals surface area contributed by atoms with Crippen LogP contribution in [0.25, 0.3) is 0 Å². The van der Waals surface area contributed by atoms with Crippen LogP contribution in [0.5, 0.6) is 0 Å². The number of thioether (sulfide) groups is 1. The predicted molar refractivity (Wildman–Crippen MR) is 91.8 cm³/mol. The number of amides is 1. The molecule has 2 rings (SSSR count). The van der Waals surface area contributed by atoms with E-state index in [0.717, 1.165) is 10.5 Å². The Labute approximate surface area is 143 Å². The summed E-state index contributed by atoms with van der Waals surface area (Å²) in [7, 11) is 0. The molecule has 0 aliphatic carbocycles. The lowest BCUT2D eigenvalue weighted by atomic mass is 10.1. The van der Waals surface area contributed by atoms with E-state index in [1.54, 1.807) is 18.2 Å². The molecule has 7 heteroatoms. The molecule has 1 N–H and O–H groups in total. The van der Waals surface area contributed by atoms with Crippen molar-refractivity contribution >= 4 is 35.0 Å². The standard InChI is InChI=1S/C16H15ClN2O3S/c1-11(12-3-2-4-13(17)9-12)18-16(20)10-23-15-7-5-14(6-8-15)19(21)22/h2-9,11H,10H2,1H3,(H,18,20). The summed E-state index contributed by atoms with van der Waals surface area (Å²) >= 11 is 7.27. The van der Waals surface area contributed by atoms with Gasteiger partial charge in [-0.1, -0.05) is 23.7 Å². The van der Waals surface area contributed by atoms with E-state index in [1.165, 1.54) is 23.9 Å². The molecule has 0 aliphatic heterocycles. The molecular formula is C16H15ClN2O3S. The van der Waals surface area contributed by atoms with E-state index in [9.17, 15) is 14.9 Å². The van der Waals surface area contributed by atoms with Crippen LogP contribution in [-0.4, -0.2) is 16.6 Å². The Morgan fingerprint density at radius 2 is 2.00 bits per heavy atom. The van der Waals surface area contributed by atoms with Gasteiger partial charge in [-0.2, -0.15) is 0 Å². The van der Waals surface area contributed by atoms with Crippen molar-refractivity contribution in [1.82, 2.24) is 5.32 Å². The number of nitro benzene ring substituents is 1. The fraction of sp³-hybridized carbons (Fsp3) is 0.188. The molecule has 0 aromatic heterocycles. The number of non-ortho nitro benzene ring substituents is 1. The second kappa shape index (κ2) is 7.99. The zero-order valence-corrected chi connectivity index (χ0v) is 13.9. The number of carbonyl (C=O) groups excluding carboxylic acids is 1. The van der Waals surface area contributed by atoms with Gasteiger partial charge in [0.15, 0.2) is 0 Å². The lowest BCUT2D eigenvalue weighted by Gasteiger charge is -2.14. The number of nitro groups is 1. The lowest BCUT2D eigenvalue weighted by molar-refractivity contribution is -0.384. The third-order valence-electron chi connectivity index (χ3n) is 3.14. The summed E-state index contributed by atoms with van der Waals surface area (Å²) in [5.74, 6) is 0.128. The first kappa shape index (κ1) is 17.3. The number of carbonyl (C=O) groups is 1. The quantitative estimate of drug-likeness (QED) is 0.481. The van der Waals surface area contributed by atoms with E-state index < -0.39 is 4.92 Å². The largest absolute Gasteiger partial charge is 0.349 e. The van der Waals surface area contributed by atoms with Gasteiger partial charge in [0.1, 0.15) is 0 Å². The minimum absolute atomic E-state index is 0.0355. The molecule has 23 heavy (non-hydrogen) atoms. The van der Waals surface area contributed by atoms with Crippen molar-refractivity contribution in [1.29, 1.82) is 0 Å². The van der Waals surface area contributed by atoms with Crippen LogP contribution in [0.2, 0.25) is 5.02 Å². The Bertz CT molecular complexity index is 707. The smallest absolute Gasteiger partial charge is 0.269 e. The molecule has 2 aromatic carbocycles. The molecule has 1 atom stereocenters. The van der Waals surface area contributed by atoms with Crippen LogP contribution < -0.4 is 5.32 Å². The summed E-state index contributed by atoms with van der Waals surface area (Å²) < 4.78 is 0. The Hall–Kier alpha value is -2.05. The average molecular weight is 351 g/mol. The zero-order valence-electron chi connectivity index (χ0n) is 12.4. The zero-order chi connectivity index (χ0) is 16.8. The molecule has 5 nitrogen and oxygen atoms in total. The molecule has 0 spiro atoms. The van der Waals surface area contributed by atoms with Crippen molar-refractivity contribution in [3.05, 3.63) is 69.2 Å². The summed E-state index contributed by atoms with van der Waals surface area (Å²) in [4.78, 5) is 22.9. The fourth-order valence-corrected chi connectivity index (χ4v) is 2.86. The van der Waals surface area contributed by atoms with Gasteiger partial charge in [0.05, 0.1) is 16.7 Å².